The molecule has 1 nitrogen and oxygen atoms in total. The number of aliphatic hydroxyl groups is 1. The molecule has 8 unspecified atom stereocenters. The molecule has 31 heavy (non-hydrogen) atoms. The van der Waals surface area contributed by atoms with Crippen LogP contribution in [0.4, 0.5) is 0 Å². The molecule has 2 saturated carbocycles. The van der Waals surface area contributed by atoms with Crippen molar-refractivity contribution in [3.63, 3.8) is 0 Å². The molecule has 1 N–H and O–H groups in total. The lowest BCUT2D eigenvalue weighted by Gasteiger charge is -2.57. The standard InChI is InChI=1S/C30H48O/c1-8-22(19(2)3)10-9-20(4)24-13-14-26-23-11-12-25-21(5)28(31)16-18-30(25,7)27(23)15-17-29(24,26)6/h11,14,19-20,22,24-25,27-28,31H,5,8-10,12-13,15-18H2,1-4,6-7H3. The minimum atomic E-state index is -0.282. The molecule has 0 aliphatic heterocycles. The number of aliphatic hydroxyl groups excluding tert-OH is 1. The Balaban J connectivity index is 1.52. The van der Waals surface area contributed by atoms with E-state index < -0.39 is 0 Å². The third-order valence-corrected chi connectivity index (χ3v) is 10.8. The molecule has 0 aromatic heterocycles. The summed E-state index contributed by atoms with van der Waals surface area (Å²) in [5.74, 6) is 4.43. The van der Waals surface area contributed by atoms with E-state index in [9.17, 15) is 5.11 Å². The lowest BCUT2D eigenvalue weighted by Crippen LogP contribution is -2.49. The van der Waals surface area contributed by atoms with Gasteiger partial charge in [0.15, 0.2) is 0 Å². The second kappa shape index (κ2) is 8.51. The van der Waals surface area contributed by atoms with Gasteiger partial charge in [0, 0.05) is 0 Å². The average Bonchev–Trinajstić information content (AvgIpc) is 3.08. The highest BCUT2D eigenvalue weighted by Crippen LogP contribution is 2.65. The van der Waals surface area contributed by atoms with Crippen LogP contribution in [0.15, 0.2) is 35.5 Å². The molecular weight excluding hydrogens is 376 g/mol. The van der Waals surface area contributed by atoms with Crippen LogP contribution in [-0.2, 0) is 0 Å². The summed E-state index contributed by atoms with van der Waals surface area (Å²) in [4.78, 5) is 0. The predicted octanol–water partition coefficient (Wildman–Crippen LogP) is 8.11. The third-order valence-electron chi connectivity index (χ3n) is 10.8. The van der Waals surface area contributed by atoms with Crippen LogP contribution in [0.5, 0.6) is 0 Å². The lowest BCUT2D eigenvalue weighted by atomic mass is 9.48. The van der Waals surface area contributed by atoms with E-state index in [1.54, 1.807) is 11.1 Å². The topological polar surface area (TPSA) is 20.2 Å². The Morgan fingerprint density at radius 1 is 1.03 bits per heavy atom. The normalized spacial score (nSPS) is 41.7. The number of fused-ring (bicyclic) bond motifs is 5. The van der Waals surface area contributed by atoms with Gasteiger partial charge in [-0.15, -0.1) is 0 Å². The van der Waals surface area contributed by atoms with E-state index in [-0.39, 0.29) is 11.5 Å². The van der Waals surface area contributed by atoms with Crippen LogP contribution in [0.3, 0.4) is 0 Å². The summed E-state index contributed by atoms with van der Waals surface area (Å²) in [7, 11) is 0. The SMILES string of the molecule is C=C1C(O)CCC2(C)C1CC=C1C3=CCC(C(C)CCC(CC)C(C)C)C3(C)CCC12. The monoisotopic (exact) mass is 424 g/mol. The first kappa shape index (κ1) is 23.3. The maximum Gasteiger partial charge on any atom is 0.0750 e. The largest absolute Gasteiger partial charge is 0.389 e. The number of hydrogen-bond donors (Lipinski definition) is 1. The summed E-state index contributed by atoms with van der Waals surface area (Å²) in [6, 6.07) is 0. The molecule has 4 aliphatic carbocycles. The quantitative estimate of drug-likeness (QED) is 0.427. The van der Waals surface area contributed by atoms with Gasteiger partial charge in [-0.25, -0.2) is 0 Å². The van der Waals surface area contributed by atoms with Crippen LogP contribution >= 0.6 is 0 Å². The van der Waals surface area contributed by atoms with E-state index in [0.29, 0.717) is 17.3 Å². The Hall–Kier alpha value is -0.820. The summed E-state index contributed by atoms with van der Waals surface area (Å²) in [6.07, 6.45) is 16.1. The fraction of sp³-hybridized carbons (Fsp3) is 0.800. The highest BCUT2D eigenvalue weighted by Gasteiger charge is 2.56. The van der Waals surface area contributed by atoms with Crippen molar-refractivity contribution < 1.29 is 5.11 Å². The number of rotatable bonds is 6. The Labute approximate surface area is 192 Å². The third kappa shape index (κ3) is 3.71. The predicted molar refractivity (Wildman–Crippen MR) is 133 cm³/mol. The van der Waals surface area contributed by atoms with Crippen molar-refractivity contribution in [3.8, 4) is 0 Å². The van der Waals surface area contributed by atoms with Crippen LogP contribution in [0.25, 0.3) is 0 Å². The van der Waals surface area contributed by atoms with Crippen molar-refractivity contribution in [3.05, 3.63) is 35.5 Å². The molecule has 174 valence electrons. The first-order chi connectivity index (χ1) is 14.6. The molecule has 0 aromatic rings. The minimum absolute atomic E-state index is 0.282. The maximum atomic E-state index is 10.4. The Bertz CT molecular complexity index is 756. The molecule has 0 aromatic carbocycles. The van der Waals surface area contributed by atoms with Gasteiger partial charge < -0.3 is 5.11 Å². The van der Waals surface area contributed by atoms with E-state index in [0.717, 1.165) is 48.5 Å². The van der Waals surface area contributed by atoms with Gasteiger partial charge in [0.25, 0.3) is 0 Å². The fourth-order valence-electron chi connectivity index (χ4n) is 8.52. The van der Waals surface area contributed by atoms with Crippen LogP contribution in [0.2, 0.25) is 0 Å². The van der Waals surface area contributed by atoms with E-state index in [2.05, 4.69) is 60.3 Å². The molecule has 1 heteroatoms. The Morgan fingerprint density at radius 3 is 2.45 bits per heavy atom. The molecule has 0 bridgehead atoms. The fourth-order valence-corrected chi connectivity index (χ4v) is 8.52. The summed E-state index contributed by atoms with van der Waals surface area (Å²) in [6.45, 7) is 19.2. The molecule has 0 radical (unpaired) electrons. The zero-order valence-corrected chi connectivity index (χ0v) is 21.2. The highest BCUT2D eigenvalue weighted by molar-refractivity contribution is 5.47. The van der Waals surface area contributed by atoms with E-state index in [4.69, 9.17) is 0 Å². The number of hydrogen-bond acceptors (Lipinski definition) is 1. The van der Waals surface area contributed by atoms with Crippen LogP contribution in [0, 0.1) is 46.3 Å². The summed E-state index contributed by atoms with van der Waals surface area (Å²) in [5.41, 5.74) is 5.18. The molecule has 2 fully saturated rings. The first-order valence-corrected chi connectivity index (χ1v) is 13.4. The van der Waals surface area contributed by atoms with Crippen molar-refractivity contribution in [2.45, 2.75) is 105 Å². The van der Waals surface area contributed by atoms with Crippen molar-refractivity contribution in [1.82, 2.24) is 0 Å². The van der Waals surface area contributed by atoms with E-state index in [1.807, 2.05) is 0 Å². The Kier molecular flexibility index (Phi) is 6.41. The van der Waals surface area contributed by atoms with Crippen LogP contribution < -0.4 is 0 Å². The van der Waals surface area contributed by atoms with Crippen molar-refractivity contribution >= 4 is 0 Å². The summed E-state index contributed by atoms with van der Waals surface area (Å²) in [5, 5.41) is 10.4. The summed E-state index contributed by atoms with van der Waals surface area (Å²) < 4.78 is 0. The lowest BCUT2D eigenvalue weighted by molar-refractivity contribution is 0.0148. The van der Waals surface area contributed by atoms with Crippen LogP contribution in [0.1, 0.15) is 99.3 Å². The minimum Gasteiger partial charge on any atom is -0.389 e. The summed E-state index contributed by atoms with van der Waals surface area (Å²) >= 11 is 0. The average molecular weight is 425 g/mol. The van der Waals surface area contributed by atoms with E-state index >= 15 is 0 Å². The molecular formula is C30H48O. The second-order valence-corrected chi connectivity index (χ2v) is 12.5. The van der Waals surface area contributed by atoms with Gasteiger partial charge in [0.05, 0.1) is 6.10 Å². The first-order valence-electron chi connectivity index (χ1n) is 13.4. The van der Waals surface area contributed by atoms with Gasteiger partial charge in [-0.3, -0.25) is 0 Å². The molecule has 8 atom stereocenters. The molecule has 0 spiro atoms. The zero-order valence-electron chi connectivity index (χ0n) is 21.2. The van der Waals surface area contributed by atoms with Crippen LogP contribution in [-0.4, -0.2) is 11.2 Å². The molecule has 4 aliphatic rings. The van der Waals surface area contributed by atoms with E-state index in [1.165, 1.54) is 38.5 Å². The molecule has 0 heterocycles. The van der Waals surface area contributed by atoms with Gasteiger partial charge in [0.1, 0.15) is 0 Å². The smallest absolute Gasteiger partial charge is 0.0750 e. The van der Waals surface area contributed by atoms with Gasteiger partial charge in [0.2, 0.25) is 0 Å². The van der Waals surface area contributed by atoms with Gasteiger partial charge in [-0.05, 0) is 108 Å². The van der Waals surface area contributed by atoms with Crippen molar-refractivity contribution in [2.24, 2.45) is 46.3 Å². The molecule has 0 saturated heterocycles. The number of allylic oxidation sites excluding steroid dienone is 4. The van der Waals surface area contributed by atoms with Gasteiger partial charge >= 0.3 is 0 Å². The molecule has 4 rings (SSSR count). The zero-order chi connectivity index (χ0) is 22.6. The maximum absolute atomic E-state index is 10.4. The van der Waals surface area contributed by atoms with Crippen molar-refractivity contribution in [2.75, 3.05) is 0 Å². The van der Waals surface area contributed by atoms with Gasteiger partial charge in [-0.1, -0.05) is 73.1 Å². The Morgan fingerprint density at radius 2 is 1.77 bits per heavy atom. The molecule has 0 amide bonds. The second-order valence-electron chi connectivity index (χ2n) is 12.5. The van der Waals surface area contributed by atoms with Gasteiger partial charge in [-0.2, -0.15) is 0 Å². The van der Waals surface area contributed by atoms with Crippen molar-refractivity contribution in [1.29, 1.82) is 0 Å². The highest BCUT2D eigenvalue weighted by atomic mass is 16.3.